The van der Waals surface area contributed by atoms with Crippen LogP contribution in [0, 0.1) is 6.92 Å². The van der Waals surface area contributed by atoms with E-state index in [1.165, 1.54) is 5.69 Å². The van der Waals surface area contributed by atoms with Crippen LogP contribution in [0.1, 0.15) is 18.5 Å². The molecule has 1 aliphatic rings. The Labute approximate surface area is 84.4 Å². The second-order valence-electron chi connectivity index (χ2n) is 3.90. The Bertz CT molecular complexity index is 314. The number of hydrogen-bond donors (Lipinski definition) is 1. The molecular formula is C11H16N2O. The van der Waals surface area contributed by atoms with E-state index in [0.717, 1.165) is 31.6 Å². The van der Waals surface area contributed by atoms with Crippen molar-refractivity contribution in [3.05, 3.63) is 24.0 Å². The Morgan fingerprint density at radius 2 is 2.43 bits per heavy atom. The van der Waals surface area contributed by atoms with Gasteiger partial charge in [0.25, 0.3) is 0 Å². The van der Waals surface area contributed by atoms with Crippen LogP contribution in [0.25, 0.3) is 0 Å². The summed E-state index contributed by atoms with van der Waals surface area (Å²) in [6, 6.07) is 4.07. The van der Waals surface area contributed by atoms with Crippen LogP contribution >= 0.6 is 0 Å². The summed E-state index contributed by atoms with van der Waals surface area (Å²) in [7, 11) is 0. The fourth-order valence-electron chi connectivity index (χ4n) is 1.92. The minimum atomic E-state index is -0.169. The second kappa shape index (κ2) is 3.96. The number of aromatic nitrogens is 1. The van der Waals surface area contributed by atoms with Crippen LogP contribution in [0.5, 0.6) is 0 Å². The van der Waals surface area contributed by atoms with Gasteiger partial charge in [0.05, 0.1) is 6.10 Å². The van der Waals surface area contributed by atoms with Gasteiger partial charge in [-0.3, -0.25) is 4.98 Å². The molecule has 0 aliphatic carbocycles. The van der Waals surface area contributed by atoms with Gasteiger partial charge < -0.3 is 10.0 Å². The van der Waals surface area contributed by atoms with Crippen LogP contribution in [0.3, 0.4) is 0 Å². The first kappa shape index (κ1) is 9.46. The lowest BCUT2D eigenvalue weighted by Crippen LogP contribution is -2.38. The molecule has 0 saturated carbocycles. The van der Waals surface area contributed by atoms with E-state index >= 15 is 0 Å². The van der Waals surface area contributed by atoms with Crippen molar-refractivity contribution in [3.8, 4) is 0 Å². The third-order valence-electron chi connectivity index (χ3n) is 2.64. The number of aliphatic hydroxyl groups excluding tert-OH is 1. The molecule has 1 aliphatic heterocycles. The molecule has 1 fully saturated rings. The maximum Gasteiger partial charge on any atom is 0.0715 e. The maximum atomic E-state index is 9.55. The lowest BCUT2D eigenvalue weighted by molar-refractivity contribution is 0.154. The zero-order valence-electron chi connectivity index (χ0n) is 8.48. The van der Waals surface area contributed by atoms with Crippen molar-refractivity contribution in [2.45, 2.75) is 25.9 Å². The molecular weight excluding hydrogens is 176 g/mol. The molecule has 2 rings (SSSR count). The SMILES string of the molecule is Cc1cc(N2CCC[C@H](O)C2)ccn1. The topological polar surface area (TPSA) is 36.4 Å². The Kier molecular flexibility index (Phi) is 2.68. The van der Waals surface area contributed by atoms with Crippen LogP contribution in [-0.4, -0.2) is 29.3 Å². The zero-order valence-corrected chi connectivity index (χ0v) is 8.48. The lowest BCUT2D eigenvalue weighted by Gasteiger charge is -2.31. The molecule has 0 amide bonds. The molecule has 1 atom stereocenters. The Balaban J connectivity index is 2.14. The normalized spacial score (nSPS) is 22.4. The Hall–Kier alpha value is -1.09. The molecule has 3 nitrogen and oxygen atoms in total. The van der Waals surface area contributed by atoms with Gasteiger partial charge in [0.2, 0.25) is 0 Å². The van der Waals surface area contributed by atoms with Gasteiger partial charge in [0.15, 0.2) is 0 Å². The lowest BCUT2D eigenvalue weighted by atomic mass is 10.1. The van der Waals surface area contributed by atoms with Crippen LogP contribution in [0.4, 0.5) is 5.69 Å². The fraction of sp³-hybridized carbons (Fsp3) is 0.545. The number of hydrogen-bond acceptors (Lipinski definition) is 3. The number of nitrogens with zero attached hydrogens (tertiary/aromatic N) is 2. The summed E-state index contributed by atoms with van der Waals surface area (Å²) in [6.07, 6.45) is 3.66. The molecule has 1 N–H and O–H groups in total. The maximum absolute atomic E-state index is 9.55. The van der Waals surface area contributed by atoms with Gasteiger partial charge in [0, 0.05) is 30.7 Å². The highest BCUT2D eigenvalue weighted by Gasteiger charge is 2.17. The molecule has 2 heterocycles. The quantitative estimate of drug-likeness (QED) is 0.729. The third kappa shape index (κ3) is 2.04. The first-order chi connectivity index (χ1) is 6.75. The highest BCUT2D eigenvalue weighted by atomic mass is 16.3. The molecule has 3 heteroatoms. The molecule has 76 valence electrons. The molecule has 0 aromatic carbocycles. The smallest absolute Gasteiger partial charge is 0.0715 e. The number of rotatable bonds is 1. The van der Waals surface area contributed by atoms with Crippen LogP contribution < -0.4 is 4.90 Å². The molecule has 1 aromatic heterocycles. The van der Waals surface area contributed by atoms with Crippen LogP contribution in [-0.2, 0) is 0 Å². The summed E-state index contributed by atoms with van der Waals surface area (Å²) in [4.78, 5) is 6.39. The standard InChI is InChI=1S/C11H16N2O/c1-9-7-10(4-5-12-9)13-6-2-3-11(14)8-13/h4-5,7,11,14H,2-3,6,8H2,1H3/t11-/m0/s1. The van der Waals surface area contributed by atoms with Crippen molar-refractivity contribution in [2.75, 3.05) is 18.0 Å². The molecule has 0 unspecified atom stereocenters. The average molecular weight is 192 g/mol. The van der Waals surface area contributed by atoms with Gasteiger partial charge in [-0.15, -0.1) is 0 Å². The van der Waals surface area contributed by atoms with E-state index in [4.69, 9.17) is 0 Å². The molecule has 1 saturated heterocycles. The highest BCUT2D eigenvalue weighted by molar-refractivity contribution is 5.46. The van der Waals surface area contributed by atoms with E-state index in [0.29, 0.717) is 0 Å². The van der Waals surface area contributed by atoms with Crippen molar-refractivity contribution in [3.63, 3.8) is 0 Å². The van der Waals surface area contributed by atoms with Gasteiger partial charge in [-0.2, -0.15) is 0 Å². The predicted octanol–water partition coefficient (Wildman–Crippen LogP) is 1.35. The summed E-state index contributed by atoms with van der Waals surface area (Å²) >= 11 is 0. The minimum Gasteiger partial charge on any atom is -0.391 e. The molecule has 0 bridgehead atoms. The average Bonchev–Trinajstić information content (AvgIpc) is 2.18. The van der Waals surface area contributed by atoms with Crippen molar-refractivity contribution >= 4 is 5.69 Å². The van der Waals surface area contributed by atoms with Crippen molar-refractivity contribution < 1.29 is 5.11 Å². The van der Waals surface area contributed by atoms with E-state index in [1.54, 1.807) is 0 Å². The van der Waals surface area contributed by atoms with E-state index in [2.05, 4.69) is 16.0 Å². The molecule has 1 aromatic rings. The molecule has 0 spiro atoms. The van der Waals surface area contributed by atoms with E-state index in [-0.39, 0.29) is 6.10 Å². The molecule has 0 radical (unpaired) electrons. The number of β-amino-alcohol motifs (C(OH)–C–C–N with tert-alkyl or cyclic N) is 1. The van der Waals surface area contributed by atoms with Crippen molar-refractivity contribution in [1.29, 1.82) is 0 Å². The Morgan fingerprint density at radius 1 is 1.57 bits per heavy atom. The monoisotopic (exact) mass is 192 g/mol. The summed E-state index contributed by atoms with van der Waals surface area (Å²) in [5, 5.41) is 9.55. The largest absolute Gasteiger partial charge is 0.391 e. The van der Waals surface area contributed by atoms with Gasteiger partial charge in [-0.05, 0) is 31.9 Å². The number of anilines is 1. The zero-order chi connectivity index (χ0) is 9.97. The number of aryl methyl sites for hydroxylation is 1. The first-order valence-corrected chi connectivity index (χ1v) is 5.11. The minimum absolute atomic E-state index is 0.169. The summed E-state index contributed by atoms with van der Waals surface area (Å²) in [6.45, 7) is 3.79. The van der Waals surface area contributed by atoms with Gasteiger partial charge >= 0.3 is 0 Å². The van der Waals surface area contributed by atoms with Crippen LogP contribution in [0.2, 0.25) is 0 Å². The predicted molar refractivity (Wildman–Crippen MR) is 56.4 cm³/mol. The second-order valence-corrected chi connectivity index (χ2v) is 3.90. The Morgan fingerprint density at radius 3 is 3.14 bits per heavy atom. The first-order valence-electron chi connectivity index (χ1n) is 5.11. The van der Waals surface area contributed by atoms with Gasteiger partial charge in [0.1, 0.15) is 0 Å². The fourth-order valence-corrected chi connectivity index (χ4v) is 1.92. The third-order valence-corrected chi connectivity index (χ3v) is 2.64. The number of piperidine rings is 1. The summed E-state index contributed by atoms with van der Waals surface area (Å²) in [5.41, 5.74) is 2.21. The summed E-state index contributed by atoms with van der Waals surface area (Å²) < 4.78 is 0. The van der Waals surface area contributed by atoms with E-state index in [9.17, 15) is 5.11 Å². The van der Waals surface area contributed by atoms with Gasteiger partial charge in [-0.1, -0.05) is 0 Å². The number of aliphatic hydroxyl groups is 1. The molecule has 14 heavy (non-hydrogen) atoms. The van der Waals surface area contributed by atoms with Crippen molar-refractivity contribution in [2.24, 2.45) is 0 Å². The van der Waals surface area contributed by atoms with Crippen molar-refractivity contribution in [1.82, 2.24) is 4.98 Å². The summed E-state index contributed by atoms with van der Waals surface area (Å²) in [5.74, 6) is 0. The van der Waals surface area contributed by atoms with E-state index < -0.39 is 0 Å². The number of pyridine rings is 1. The van der Waals surface area contributed by atoms with Crippen LogP contribution in [0.15, 0.2) is 18.3 Å². The van der Waals surface area contributed by atoms with Gasteiger partial charge in [-0.25, -0.2) is 0 Å². The highest BCUT2D eigenvalue weighted by Crippen LogP contribution is 2.19. The van der Waals surface area contributed by atoms with E-state index in [1.807, 2.05) is 19.2 Å².